The molecule has 4 rings (SSSR count). The lowest BCUT2D eigenvalue weighted by Gasteiger charge is -2.31. The second-order valence-corrected chi connectivity index (χ2v) is 7.57. The minimum atomic E-state index is 0.0959. The maximum absolute atomic E-state index is 2.67. The van der Waals surface area contributed by atoms with Crippen LogP contribution < -0.4 is 0 Å². The van der Waals surface area contributed by atoms with E-state index in [0.29, 0.717) is 6.04 Å². The fourth-order valence-electron chi connectivity index (χ4n) is 4.52. The molecule has 0 aliphatic carbocycles. The number of hydrogen-bond acceptors (Lipinski definition) is 1. The molecule has 1 aliphatic rings. The molecule has 26 heavy (non-hydrogen) atoms. The first-order valence-corrected chi connectivity index (χ1v) is 9.67. The van der Waals surface area contributed by atoms with Crippen LogP contribution in [0.3, 0.4) is 0 Å². The molecule has 1 fully saturated rings. The molecular formula is C25H27N. The summed E-state index contributed by atoms with van der Waals surface area (Å²) in [7, 11) is 0. The molecule has 1 aliphatic heterocycles. The third kappa shape index (κ3) is 3.32. The van der Waals surface area contributed by atoms with E-state index in [2.05, 4.69) is 103 Å². The lowest BCUT2D eigenvalue weighted by Crippen LogP contribution is -2.34. The highest BCUT2D eigenvalue weighted by Gasteiger charge is 2.44. The van der Waals surface area contributed by atoms with Gasteiger partial charge in [0.15, 0.2) is 0 Å². The molecule has 1 heterocycles. The van der Waals surface area contributed by atoms with Crippen molar-refractivity contribution in [1.29, 1.82) is 0 Å². The van der Waals surface area contributed by atoms with Crippen LogP contribution in [-0.4, -0.2) is 24.0 Å². The minimum absolute atomic E-state index is 0.0959. The van der Waals surface area contributed by atoms with Crippen LogP contribution in [0, 0.1) is 0 Å². The van der Waals surface area contributed by atoms with Crippen molar-refractivity contribution in [3.8, 4) is 0 Å². The Balaban J connectivity index is 1.62. The lowest BCUT2D eigenvalue weighted by molar-refractivity contribution is 0.267. The summed E-state index contributed by atoms with van der Waals surface area (Å²) in [5.74, 6) is 0. The van der Waals surface area contributed by atoms with Crippen molar-refractivity contribution in [3.63, 3.8) is 0 Å². The average molecular weight is 341 g/mol. The predicted molar refractivity (Wildman–Crippen MR) is 109 cm³/mol. The molecule has 0 spiro atoms. The van der Waals surface area contributed by atoms with Crippen molar-refractivity contribution in [2.75, 3.05) is 13.1 Å². The number of benzene rings is 3. The van der Waals surface area contributed by atoms with Crippen LogP contribution in [0.1, 0.15) is 30.0 Å². The fraction of sp³-hybridized carbons (Fsp3) is 0.280. The highest BCUT2D eigenvalue weighted by Crippen LogP contribution is 2.43. The van der Waals surface area contributed by atoms with E-state index in [1.54, 1.807) is 0 Å². The van der Waals surface area contributed by atoms with Crippen LogP contribution in [0.25, 0.3) is 0 Å². The van der Waals surface area contributed by atoms with Gasteiger partial charge in [-0.05, 0) is 36.5 Å². The molecular weight excluding hydrogens is 314 g/mol. The minimum Gasteiger partial charge on any atom is -0.299 e. The third-order valence-corrected chi connectivity index (χ3v) is 5.92. The summed E-state index contributed by atoms with van der Waals surface area (Å²) in [5.41, 5.74) is 4.41. The zero-order valence-electron chi connectivity index (χ0n) is 15.5. The van der Waals surface area contributed by atoms with Gasteiger partial charge in [0.1, 0.15) is 0 Å². The maximum Gasteiger partial charge on any atom is 0.0344 e. The molecule has 0 aromatic heterocycles. The SMILES string of the molecule is CC1CC(c2ccccc2)(c2ccccc2)CN1CCc1ccccc1. The highest BCUT2D eigenvalue weighted by molar-refractivity contribution is 5.41. The Morgan fingerprint density at radius 2 is 1.27 bits per heavy atom. The average Bonchev–Trinajstić information content (AvgIpc) is 3.06. The summed E-state index contributed by atoms with van der Waals surface area (Å²) in [5, 5.41) is 0. The summed E-state index contributed by atoms with van der Waals surface area (Å²) >= 11 is 0. The van der Waals surface area contributed by atoms with Crippen LogP contribution in [-0.2, 0) is 11.8 Å². The Labute approximate surface area is 157 Å². The Hall–Kier alpha value is -2.38. The third-order valence-electron chi connectivity index (χ3n) is 5.92. The lowest BCUT2D eigenvalue weighted by atomic mass is 9.73. The standard InChI is InChI=1S/C25H27N/c1-21-19-25(23-13-7-3-8-14-23,24-15-9-4-10-16-24)20-26(21)18-17-22-11-5-2-6-12-22/h2-16,21H,17-20H2,1H3. The second kappa shape index (κ2) is 7.47. The van der Waals surface area contributed by atoms with E-state index in [-0.39, 0.29) is 5.41 Å². The van der Waals surface area contributed by atoms with Gasteiger partial charge in [-0.1, -0.05) is 91.0 Å². The molecule has 0 bridgehead atoms. The first-order valence-electron chi connectivity index (χ1n) is 9.67. The van der Waals surface area contributed by atoms with Gasteiger partial charge in [0.25, 0.3) is 0 Å². The zero-order chi connectivity index (χ0) is 17.8. The van der Waals surface area contributed by atoms with Crippen LogP contribution in [0.2, 0.25) is 0 Å². The Morgan fingerprint density at radius 1 is 0.769 bits per heavy atom. The topological polar surface area (TPSA) is 3.24 Å². The summed E-state index contributed by atoms with van der Waals surface area (Å²) in [6, 6.07) is 33.6. The van der Waals surface area contributed by atoms with E-state index in [9.17, 15) is 0 Å². The number of hydrogen-bond donors (Lipinski definition) is 0. The molecule has 3 aromatic carbocycles. The van der Waals surface area contributed by atoms with E-state index in [4.69, 9.17) is 0 Å². The van der Waals surface area contributed by atoms with Crippen LogP contribution in [0.4, 0.5) is 0 Å². The van der Waals surface area contributed by atoms with Crippen LogP contribution >= 0.6 is 0 Å². The molecule has 3 aromatic rings. The van der Waals surface area contributed by atoms with Gasteiger partial charge in [-0.2, -0.15) is 0 Å². The highest BCUT2D eigenvalue weighted by atomic mass is 15.2. The van der Waals surface area contributed by atoms with Crippen molar-refractivity contribution in [2.45, 2.75) is 31.2 Å². The van der Waals surface area contributed by atoms with Gasteiger partial charge in [0, 0.05) is 24.5 Å². The normalized spacial score (nSPS) is 19.5. The molecule has 0 radical (unpaired) electrons. The van der Waals surface area contributed by atoms with Crippen molar-refractivity contribution in [3.05, 3.63) is 108 Å². The summed E-state index contributed by atoms with van der Waals surface area (Å²) in [4.78, 5) is 2.67. The fourth-order valence-corrected chi connectivity index (χ4v) is 4.52. The zero-order valence-corrected chi connectivity index (χ0v) is 15.5. The molecule has 0 saturated carbocycles. The molecule has 1 heteroatoms. The van der Waals surface area contributed by atoms with E-state index < -0.39 is 0 Å². The monoisotopic (exact) mass is 341 g/mol. The van der Waals surface area contributed by atoms with Crippen LogP contribution in [0.15, 0.2) is 91.0 Å². The number of nitrogens with zero attached hydrogens (tertiary/aromatic N) is 1. The van der Waals surface area contributed by atoms with Gasteiger partial charge in [-0.15, -0.1) is 0 Å². The van der Waals surface area contributed by atoms with Gasteiger partial charge < -0.3 is 0 Å². The first kappa shape index (κ1) is 17.1. The Morgan fingerprint density at radius 3 is 1.81 bits per heavy atom. The summed E-state index contributed by atoms with van der Waals surface area (Å²) in [6.45, 7) is 4.60. The summed E-state index contributed by atoms with van der Waals surface area (Å²) < 4.78 is 0. The first-order chi connectivity index (χ1) is 12.8. The van der Waals surface area contributed by atoms with Gasteiger partial charge in [0.2, 0.25) is 0 Å². The number of rotatable bonds is 5. The molecule has 1 unspecified atom stereocenters. The van der Waals surface area contributed by atoms with Crippen molar-refractivity contribution in [1.82, 2.24) is 4.90 Å². The van der Waals surface area contributed by atoms with Crippen LogP contribution in [0.5, 0.6) is 0 Å². The van der Waals surface area contributed by atoms with Crippen molar-refractivity contribution >= 4 is 0 Å². The molecule has 1 atom stereocenters. The Bertz CT molecular complexity index is 771. The van der Waals surface area contributed by atoms with E-state index in [0.717, 1.165) is 19.5 Å². The molecule has 1 saturated heterocycles. The second-order valence-electron chi connectivity index (χ2n) is 7.57. The largest absolute Gasteiger partial charge is 0.299 e. The van der Waals surface area contributed by atoms with E-state index in [1.807, 2.05) is 0 Å². The molecule has 0 N–H and O–H groups in total. The van der Waals surface area contributed by atoms with Crippen molar-refractivity contribution in [2.24, 2.45) is 0 Å². The predicted octanol–water partition coefficient (Wildman–Crippen LogP) is 5.31. The van der Waals surface area contributed by atoms with E-state index in [1.165, 1.54) is 23.1 Å². The van der Waals surface area contributed by atoms with Crippen molar-refractivity contribution < 1.29 is 0 Å². The van der Waals surface area contributed by atoms with Gasteiger partial charge >= 0.3 is 0 Å². The maximum atomic E-state index is 2.67. The molecule has 1 nitrogen and oxygen atoms in total. The number of likely N-dealkylation sites (tertiary alicyclic amines) is 1. The molecule has 132 valence electrons. The summed E-state index contributed by atoms with van der Waals surface area (Å²) in [6.07, 6.45) is 2.29. The van der Waals surface area contributed by atoms with Gasteiger partial charge in [-0.25, -0.2) is 0 Å². The quantitative estimate of drug-likeness (QED) is 0.608. The van der Waals surface area contributed by atoms with Gasteiger partial charge in [-0.3, -0.25) is 4.90 Å². The van der Waals surface area contributed by atoms with Gasteiger partial charge in [0.05, 0.1) is 0 Å². The smallest absolute Gasteiger partial charge is 0.0344 e. The molecule has 0 amide bonds. The Kier molecular flexibility index (Phi) is 4.90. The van der Waals surface area contributed by atoms with E-state index >= 15 is 0 Å².